The normalized spacial score (nSPS) is 12.1. The highest BCUT2D eigenvalue weighted by Gasteiger charge is 2.17. The molecule has 0 aliphatic heterocycles. The maximum atomic E-state index is 12.5. The van der Waals surface area contributed by atoms with Crippen molar-refractivity contribution < 1.29 is 17.9 Å². The van der Waals surface area contributed by atoms with E-state index in [4.69, 9.17) is 16.3 Å². The van der Waals surface area contributed by atoms with Crippen molar-refractivity contribution in [3.05, 3.63) is 82.9 Å². The van der Waals surface area contributed by atoms with Crippen LogP contribution in [0.4, 0.5) is 11.4 Å². The van der Waals surface area contributed by atoms with E-state index in [2.05, 4.69) is 10.0 Å². The molecule has 0 aliphatic carbocycles. The van der Waals surface area contributed by atoms with Crippen LogP contribution in [0.3, 0.4) is 0 Å². The average Bonchev–Trinajstić information content (AvgIpc) is 2.71. The van der Waals surface area contributed by atoms with Gasteiger partial charge in [-0.15, -0.1) is 0 Å². The summed E-state index contributed by atoms with van der Waals surface area (Å²) in [7, 11) is -3.79. The van der Waals surface area contributed by atoms with Crippen molar-refractivity contribution in [3.8, 4) is 5.75 Å². The molecule has 3 rings (SSSR count). The molecular formula is C23H23ClN2O4S. The first kappa shape index (κ1) is 22.7. The highest BCUT2D eigenvalue weighted by Crippen LogP contribution is 2.21. The van der Waals surface area contributed by atoms with E-state index in [9.17, 15) is 13.2 Å². The number of benzene rings is 3. The lowest BCUT2D eigenvalue weighted by molar-refractivity contribution is -0.122. The largest absolute Gasteiger partial charge is 0.481 e. The van der Waals surface area contributed by atoms with E-state index >= 15 is 0 Å². The van der Waals surface area contributed by atoms with E-state index in [-0.39, 0.29) is 10.8 Å². The number of carbonyl (C=O) groups excluding carboxylic acids is 1. The Morgan fingerprint density at radius 2 is 1.65 bits per heavy atom. The van der Waals surface area contributed by atoms with Crippen molar-refractivity contribution in [3.63, 3.8) is 0 Å². The monoisotopic (exact) mass is 458 g/mol. The standard InChI is InChI=1S/C23H23ClN2O4S/c1-15-7-10-21(13-16(15)2)30-17(3)23(27)25-19-8-11-22(12-9-19)31(28,29)26-20-6-4-5-18(24)14-20/h4-14,17,26H,1-3H3,(H,25,27)/t17-/m0/s1. The number of amides is 1. The van der Waals surface area contributed by atoms with Crippen LogP contribution in [-0.2, 0) is 14.8 Å². The van der Waals surface area contributed by atoms with Gasteiger partial charge in [-0.1, -0.05) is 23.7 Å². The summed E-state index contributed by atoms with van der Waals surface area (Å²) in [6.07, 6.45) is -0.727. The first-order chi connectivity index (χ1) is 14.6. The van der Waals surface area contributed by atoms with Gasteiger partial charge in [0.1, 0.15) is 5.75 Å². The first-order valence-electron chi connectivity index (χ1n) is 9.57. The molecular weight excluding hydrogens is 436 g/mol. The Bertz CT molecular complexity index is 1190. The van der Waals surface area contributed by atoms with Crippen molar-refractivity contribution in [1.82, 2.24) is 0 Å². The van der Waals surface area contributed by atoms with Gasteiger partial charge in [-0.25, -0.2) is 8.42 Å². The molecule has 3 aromatic carbocycles. The molecule has 8 heteroatoms. The second-order valence-electron chi connectivity index (χ2n) is 7.14. The summed E-state index contributed by atoms with van der Waals surface area (Å²) < 4.78 is 33.3. The van der Waals surface area contributed by atoms with Crippen LogP contribution in [0.25, 0.3) is 0 Å². The third-order valence-electron chi connectivity index (χ3n) is 4.67. The number of aryl methyl sites for hydroxylation is 2. The van der Waals surface area contributed by atoms with Gasteiger partial charge < -0.3 is 10.1 Å². The van der Waals surface area contributed by atoms with E-state index < -0.39 is 16.1 Å². The highest BCUT2D eigenvalue weighted by molar-refractivity contribution is 7.92. The van der Waals surface area contributed by atoms with E-state index in [1.165, 1.54) is 30.3 Å². The molecule has 2 N–H and O–H groups in total. The fourth-order valence-electron chi connectivity index (χ4n) is 2.77. The Labute approximate surface area is 187 Å². The Balaban J connectivity index is 1.63. The molecule has 0 fully saturated rings. The summed E-state index contributed by atoms with van der Waals surface area (Å²) in [5.41, 5.74) is 3.04. The third-order valence-corrected chi connectivity index (χ3v) is 6.30. The second-order valence-corrected chi connectivity index (χ2v) is 9.25. The van der Waals surface area contributed by atoms with Crippen molar-refractivity contribution in [2.24, 2.45) is 0 Å². The number of carbonyl (C=O) groups is 1. The van der Waals surface area contributed by atoms with Crippen LogP contribution in [0.1, 0.15) is 18.1 Å². The molecule has 6 nitrogen and oxygen atoms in total. The van der Waals surface area contributed by atoms with Crippen LogP contribution in [-0.4, -0.2) is 20.4 Å². The van der Waals surface area contributed by atoms with Crippen molar-refractivity contribution in [1.29, 1.82) is 0 Å². The molecule has 1 atom stereocenters. The minimum Gasteiger partial charge on any atom is -0.481 e. The zero-order chi connectivity index (χ0) is 22.6. The minimum absolute atomic E-state index is 0.0601. The number of anilines is 2. The maximum Gasteiger partial charge on any atom is 0.265 e. The summed E-state index contributed by atoms with van der Waals surface area (Å²) in [4.78, 5) is 12.5. The summed E-state index contributed by atoms with van der Waals surface area (Å²) >= 11 is 5.89. The van der Waals surface area contributed by atoms with Gasteiger partial charge in [0, 0.05) is 10.7 Å². The van der Waals surface area contributed by atoms with Crippen LogP contribution in [0.15, 0.2) is 71.6 Å². The number of hydrogen-bond acceptors (Lipinski definition) is 4. The molecule has 0 spiro atoms. The lowest BCUT2D eigenvalue weighted by atomic mass is 10.1. The van der Waals surface area contributed by atoms with Crippen LogP contribution in [0.2, 0.25) is 5.02 Å². The van der Waals surface area contributed by atoms with Crippen molar-refractivity contribution in [2.75, 3.05) is 10.0 Å². The Kier molecular flexibility index (Phi) is 6.87. The zero-order valence-corrected chi connectivity index (χ0v) is 18.9. The topological polar surface area (TPSA) is 84.5 Å². The zero-order valence-electron chi connectivity index (χ0n) is 17.3. The number of hydrogen-bond donors (Lipinski definition) is 2. The van der Waals surface area contributed by atoms with Crippen LogP contribution in [0, 0.1) is 13.8 Å². The molecule has 0 saturated carbocycles. The van der Waals surface area contributed by atoms with Gasteiger partial charge in [-0.3, -0.25) is 9.52 Å². The molecule has 0 saturated heterocycles. The Morgan fingerprint density at radius 3 is 2.29 bits per heavy atom. The third kappa shape index (κ3) is 5.99. The van der Waals surface area contributed by atoms with E-state index in [1.54, 1.807) is 25.1 Å². The molecule has 0 heterocycles. The maximum absolute atomic E-state index is 12.5. The predicted octanol–water partition coefficient (Wildman–Crippen LogP) is 5.16. The van der Waals surface area contributed by atoms with E-state index in [0.717, 1.165) is 11.1 Å². The van der Waals surface area contributed by atoms with Gasteiger partial charge in [-0.2, -0.15) is 0 Å². The molecule has 0 unspecified atom stereocenters. The summed E-state index contributed by atoms with van der Waals surface area (Å²) in [5, 5.41) is 3.15. The molecule has 0 radical (unpaired) electrons. The lowest BCUT2D eigenvalue weighted by Crippen LogP contribution is -2.30. The van der Waals surface area contributed by atoms with Crippen LogP contribution < -0.4 is 14.8 Å². The number of rotatable bonds is 7. The lowest BCUT2D eigenvalue weighted by Gasteiger charge is -2.16. The van der Waals surface area contributed by atoms with E-state index in [0.29, 0.717) is 22.1 Å². The summed E-state index contributed by atoms with van der Waals surface area (Å²) in [5.74, 6) is 0.269. The van der Waals surface area contributed by atoms with Crippen LogP contribution in [0.5, 0.6) is 5.75 Å². The van der Waals surface area contributed by atoms with Gasteiger partial charge in [0.2, 0.25) is 0 Å². The predicted molar refractivity (Wildman–Crippen MR) is 123 cm³/mol. The molecule has 162 valence electrons. The number of halogens is 1. The van der Waals surface area contributed by atoms with Crippen molar-refractivity contribution in [2.45, 2.75) is 31.8 Å². The summed E-state index contributed by atoms with van der Waals surface area (Å²) in [6.45, 7) is 5.63. The Morgan fingerprint density at radius 1 is 0.935 bits per heavy atom. The average molecular weight is 459 g/mol. The smallest absolute Gasteiger partial charge is 0.265 e. The first-order valence-corrected chi connectivity index (χ1v) is 11.4. The second kappa shape index (κ2) is 9.41. The van der Waals surface area contributed by atoms with E-state index in [1.807, 2.05) is 32.0 Å². The van der Waals surface area contributed by atoms with Gasteiger partial charge in [-0.05, 0) is 86.5 Å². The molecule has 0 aliphatic rings. The van der Waals surface area contributed by atoms with Crippen molar-refractivity contribution >= 4 is 38.9 Å². The number of sulfonamides is 1. The summed E-state index contributed by atoms with van der Waals surface area (Å²) in [6, 6.07) is 17.9. The van der Waals surface area contributed by atoms with Gasteiger partial charge in [0.05, 0.1) is 10.6 Å². The van der Waals surface area contributed by atoms with Gasteiger partial charge in [0.15, 0.2) is 6.10 Å². The number of nitrogens with one attached hydrogen (secondary N) is 2. The highest BCUT2D eigenvalue weighted by atomic mass is 35.5. The molecule has 3 aromatic rings. The molecule has 1 amide bonds. The SMILES string of the molecule is Cc1ccc(O[C@@H](C)C(=O)Nc2ccc(S(=O)(=O)Nc3cccc(Cl)c3)cc2)cc1C. The van der Waals surface area contributed by atoms with Gasteiger partial charge >= 0.3 is 0 Å². The molecule has 0 bridgehead atoms. The fraction of sp³-hybridized carbons (Fsp3) is 0.174. The van der Waals surface area contributed by atoms with Gasteiger partial charge in [0.25, 0.3) is 15.9 Å². The number of ether oxygens (including phenoxy) is 1. The Hall–Kier alpha value is -3.03. The molecule has 31 heavy (non-hydrogen) atoms. The fourth-order valence-corrected chi connectivity index (χ4v) is 4.01. The quantitative estimate of drug-likeness (QED) is 0.512. The van der Waals surface area contributed by atoms with Crippen LogP contribution >= 0.6 is 11.6 Å². The molecule has 0 aromatic heterocycles. The minimum atomic E-state index is -3.79.